The van der Waals surface area contributed by atoms with Gasteiger partial charge in [-0.3, -0.25) is 4.79 Å². The normalized spacial score (nSPS) is 16.5. The van der Waals surface area contributed by atoms with Crippen molar-refractivity contribution in [2.75, 3.05) is 25.0 Å². The van der Waals surface area contributed by atoms with Crippen molar-refractivity contribution in [3.05, 3.63) is 66.2 Å². The monoisotopic (exact) mass is 337 g/mol. The number of hydrogen-bond donors (Lipinski definition) is 1. The highest BCUT2D eigenvalue weighted by atomic mass is 16.2. The maximum atomic E-state index is 12.6. The van der Waals surface area contributed by atoms with Gasteiger partial charge in [0.15, 0.2) is 0 Å². The lowest BCUT2D eigenvalue weighted by Gasteiger charge is -2.38. The first kappa shape index (κ1) is 17.5. The van der Waals surface area contributed by atoms with Crippen molar-refractivity contribution in [1.29, 1.82) is 0 Å². The average Bonchev–Trinajstić information content (AvgIpc) is 2.68. The molecule has 2 aromatic rings. The summed E-state index contributed by atoms with van der Waals surface area (Å²) in [5.41, 5.74) is 8.51. The number of piperidine rings is 1. The number of carbonyl (C=O) groups excluding carboxylic acids is 1. The van der Waals surface area contributed by atoms with Crippen molar-refractivity contribution in [2.45, 2.75) is 31.3 Å². The van der Waals surface area contributed by atoms with E-state index in [2.05, 4.69) is 36.2 Å². The second-order valence-electron chi connectivity index (χ2n) is 6.80. The molecule has 0 unspecified atom stereocenters. The molecule has 0 bridgehead atoms. The van der Waals surface area contributed by atoms with Crippen LogP contribution < -0.4 is 10.6 Å². The fraction of sp³-hybridized carbons (Fsp3) is 0.381. The highest BCUT2D eigenvalue weighted by molar-refractivity contribution is 5.82. The number of benzene rings is 2. The van der Waals surface area contributed by atoms with Crippen LogP contribution in [0.2, 0.25) is 0 Å². The van der Waals surface area contributed by atoms with Crippen LogP contribution in [-0.4, -0.2) is 43.0 Å². The van der Waals surface area contributed by atoms with Gasteiger partial charge in [0.05, 0.1) is 6.04 Å². The number of rotatable bonds is 5. The van der Waals surface area contributed by atoms with E-state index in [1.807, 2.05) is 41.3 Å². The molecular formula is C21H27N3O. The summed E-state index contributed by atoms with van der Waals surface area (Å²) in [6.07, 6.45) is 2.56. The van der Waals surface area contributed by atoms with Crippen LogP contribution >= 0.6 is 0 Å². The van der Waals surface area contributed by atoms with Gasteiger partial charge in [-0.05, 0) is 37.0 Å². The summed E-state index contributed by atoms with van der Waals surface area (Å²) in [6, 6.07) is 20.4. The third-order valence-corrected chi connectivity index (χ3v) is 5.10. The molecule has 1 aliphatic heterocycles. The van der Waals surface area contributed by atoms with E-state index in [1.54, 1.807) is 0 Å². The second-order valence-corrected chi connectivity index (χ2v) is 6.80. The van der Waals surface area contributed by atoms with Crippen LogP contribution in [0.1, 0.15) is 18.4 Å². The Kier molecular flexibility index (Phi) is 5.71. The summed E-state index contributed by atoms with van der Waals surface area (Å²) in [6.45, 7) is 1.56. The quantitative estimate of drug-likeness (QED) is 0.912. The zero-order valence-corrected chi connectivity index (χ0v) is 14.8. The van der Waals surface area contributed by atoms with Gasteiger partial charge >= 0.3 is 0 Å². The minimum absolute atomic E-state index is 0.0738. The molecule has 0 saturated carbocycles. The van der Waals surface area contributed by atoms with Crippen molar-refractivity contribution in [1.82, 2.24) is 4.90 Å². The lowest BCUT2D eigenvalue weighted by Crippen LogP contribution is -2.51. The first-order valence-electron chi connectivity index (χ1n) is 9.01. The minimum atomic E-state index is -0.453. The lowest BCUT2D eigenvalue weighted by atomic mass is 10.0. The van der Waals surface area contributed by atoms with Crippen LogP contribution in [0.5, 0.6) is 0 Å². The van der Waals surface area contributed by atoms with Crippen LogP contribution in [0.4, 0.5) is 5.69 Å². The van der Waals surface area contributed by atoms with Gasteiger partial charge in [0.1, 0.15) is 0 Å². The predicted octanol–water partition coefficient (Wildman–Crippen LogP) is 2.68. The van der Waals surface area contributed by atoms with Gasteiger partial charge < -0.3 is 15.5 Å². The summed E-state index contributed by atoms with van der Waals surface area (Å²) >= 11 is 0. The van der Waals surface area contributed by atoms with Crippen LogP contribution in [-0.2, 0) is 11.2 Å². The van der Waals surface area contributed by atoms with Gasteiger partial charge in [-0.2, -0.15) is 0 Å². The van der Waals surface area contributed by atoms with Crippen molar-refractivity contribution < 1.29 is 4.79 Å². The zero-order valence-electron chi connectivity index (χ0n) is 14.8. The van der Waals surface area contributed by atoms with Crippen molar-refractivity contribution >= 4 is 11.6 Å². The number of nitrogens with two attached hydrogens (primary N) is 1. The van der Waals surface area contributed by atoms with Gasteiger partial charge in [-0.15, -0.1) is 0 Å². The number of nitrogens with zero attached hydrogens (tertiary/aromatic N) is 2. The molecule has 1 saturated heterocycles. The Hall–Kier alpha value is -2.33. The number of carbonyl (C=O) groups is 1. The Morgan fingerprint density at radius 3 is 2.24 bits per heavy atom. The molecule has 1 atom stereocenters. The molecule has 0 spiro atoms. The molecule has 0 aromatic heterocycles. The molecule has 132 valence electrons. The third-order valence-electron chi connectivity index (χ3n) is 5.10. The van der Waals surface area contributed by atoms with Gasteiger partial charge in [0.2, 0.25) is 5.91 Å². The maximum absolute atomic E-state index is 12.6. The fourth-order valence-corrected chi connectivity index (χ4v) is 3.54. The lowest BCUT2D eigenvalue weighted by molar-refractivity contribution is -0.133. The van der Waals surface area contributed by atoms with Crippen molar-refractivity contribution in [2.24, 2.45) is 5.73 Å². The molecule has 2 N–H and O–H groups in total. The molecule has 0 radical (unpaired) electrons. The molecule has 4 nitrogen and oxygen atoms in total. The molecule has 1 heterocycles. The molecule has 0 aliphatic carbocycles. The largest absolute Gasteiger partial charge is 0.371 e. The first-order valence-corrected chi connectivity index (χ1v) is 9.01. The number of likely N-dealkylation sites (tertiary alicyclic amines) is 1. The predicted molar refractivity (Wildman–Crippen MR) is 103 cm³/mol. The van der Waals surface area contributed by atoms with Crippen LogP contribution in [0.3, 0.4) is 0 Å². The fourth-order valence-electron chi connectivity index (χ4n) is 3.54. The van der Waals surface area contributed by atoms with E-state index in [4.69, 9.17) is 5.73 Å². The molecule has 2 aromatic carbocycles. The van der Waals surface area contributed by atoms with E-state index in [0.29, 0.717) is 12.5 Å². The number of hydrogen-bond acceptors (Lipinski definition) is 3. The van der Waals surface area contributed by atoms with Crippen LogP contribution in [0, 0.1) is 0 Å². The summed E-state index contributed by atoms with van der Waals surface area (Å²) in [4.78, 5) is 16.9. The van der Waals surface area contributed by atoms with E-state index in [-0.39, 0.29) is 5.91 Å². The highest BCUT2D eigenvalue weighted by Gasteiger charge is 2.28. The van der Waals surface area contributed by atoms with Crippen molar-refractivity contribution in [3.63, 3.8) is 0 Å². The molecular weight excluding hydrogens is 310 g/mol. The summed E-state index contributed by atoms with van der Waals surface area (Å²) in [5.74, 6) is 0.0738. The topological polar surface area (TPSA) is 49.6 Å². The summed E-state index contributed by atoms with van der Waals surface area (Å²) in [7, 11) is 2.14. The zero-order chi connectivity index (χ0) is 17.6. The Labute approximate surface area is 150 Å². The third kappa shape index (κ3) is 4.40. The highest BCUT2D eigenvalue weighted by Crippen LogP contribution is 2.22. The Morgan fingerprint density at radius 1 is 1.08 bits per heavy atom. The summed E-state index contributed by atoms with van der Waals surface area (Å²) in [5, 5.41) is 0. The van der Waals surface area contributed by atoms with E-state index in [9.17, 15) is 4.79 Å². The van der Waals surface area contributed by atoms with Gasteiger partial charge in [0.25, 0.3) is 0 Å². The van der Waals surface area contributed by atoms with Crippen LogP contribution in [0.15, 0.2) is 60.7 Å². The Balaban J connectivity index is 1.52. The number of amides is 1. The smallest absolute Gasteiger partial charge is 0.239 e. The first-order chi connectivity index (χ1) is 12.1. The van der Waals surface area contributed by atoms with Crippen LogP contribution in [0.25, 0.3) is 0 Å². The Morgan fingerprint density at radius 2 is 1.64 bits per heavy atom. The maximum Gasteiger partial charge on any atom is 0.239 e. The van der Waals surface area contributed by atoms with E-state index in [1.165, 1.54) is 5.69 Å². The van der Waals surface area contributed by atoms with Gasteiger partial charge in [0, 0.05) is 31.9 Å². The van der Waals surface area contributed by atoms with E-state index < -0.39 is 6.04 Å². The number of para-hydroxylation sites is 1. The van der Waals surface area contributed by atoms with Gasteiger partial charge in [-0.25, -0.2) is 0 Å². The minimum Gasteiger partial charge on any atom is -0.371 e. The van der Waals surface area contributed by atoms with Crippen molar-refractivity contribution in [3.8, 4) is 0 Å². The van der Waals surface area contributed by atoms with E-state index in [0.717, 1.165) is 31.5 Å². The molecule has 1 amide bonds. The summed E-state index contributed by atoms with van der Waals surface area (Å²) < 4.78 is 0. The Bertz CT molecular complexity index is 666. The standard InChI is InChI=1S/C21H27N3O/c1-23(18-10-6-3-7-11-18)19-12-14-24(15-13-19)21(25)20(22)16-17-8-4-2-5-9-17/h2-11,19-20H,12-16,22H2,1H3/t20-/m0/s1. The van der Waals surface area contributed by atoms with E-state index >= 15 is 0 Å². The molecule has 1 aliphatic rings. The second kappa shape index (κ2) is 8.17. The van der Waals surface area contributed by atoms with Gasteiger partial charge in [-0.1, -0.05) is 48.5 Å². The average molecular weight is 337 g/mol. The molecule has 4 heteroatoms. The number of anilines is 1. The SMILES string of the molecule is CN(c1ccccc1)C1CCN(C(=O)[C@@H](N)Cc2ccccc2)CC1. The molecule has 25 heavy (non-hydrogen) atoms. The molecule has 1 fully saturated rings. The molecule has 3 rings (SSSR count).